The van der Waals surface area contributed by atoms with Crippen LogP contribution in [-0.2, 0) is 9.59 Å². The molecule has 7 heteroatoms. The topological polar surface area (TPSA) is 74.6 Å². The van der Waals surface area contributed by atoms with E-state index in [4.69, 9.17) is 5.11 Å². The summed E-state index contributed by atoms with van der Waals surface area (Å²) < 4.78 is 25.9. The summed E-state index contributed by atoms with van der Waals surface area (Å²) in [6, 6.07) is 0. The molecule has 0 heterocycles. The van der Waals surface area contributed by atoms with Crippen LogP contribution in [-0.4, -0.2) is 33.9 Å². The summed E-state index contributed by atoms with van der Waals surface area (Å²) in [5, 5.41) is 18.1. The van der Waals surface area contributed by atoms with Crippen molar-refractivity contribution in [3.05, 3.63) is 12.2 Å². The van der Waals surface area contributed by atoms with Crippen LogP contribution < -0.4 is 0 Å². The molecule has 0 aromatic carbocycles. The Kier molecular flexibility index (Phi) is 4.15. The first-order chi connectivity index (χ1) is 8.19. The predicted molar refractivity (Wildman–Crippen MR) is 62.9 cm³/mol. The molecule has 1 aliphatic carbocycles. The summed E-state index contributed by atoms with van der Waals surface area (Å²) >= 11 is 2.94. The van der Waals surface area contributed by atoms with E-state index < -0.39 is 35.1 Å². The van der Waals surface area contributed by atoms with Gasteiger partial charge in [-0.3, -0.25) is 9.59 Å². The van der Waals surface area contributed by atoms with Crippen LogP contribution in [0.3, 0.4) is 0 Å². The number of rotatable bonds is 4. The normalized spacial score (nSPS) is 35.7. The molecule has 3 unspecified atom stereocenters. The summed E-state index contributed by atoms with van der Waals surface area (Å²) in [6.45, 7) is 1.33. The summed E-state index contributed by atoms with van der Waals surface area (Å²) in [6.07, 6.45) is -1.05. The second-order valence-electron chi connectivity index (χ2n) is 4.71. The van der Waals surface area contributed by atoms with Crippen molar-refractivity contribution in [1.29, 1.82) is 0 Å². The highest BCUT2D eigenvalue weighted by atomic mass is 79.9. The molecule has 0 saturated carbocycles. The van der Waals surface area contributed by atoms with E-state index in [0.717, 1.165) is 12.2 Å². The first-order valence-corrected chi connectivity index (χ1v) is 6.32. The van der Waals surface area contributed by atoms with Crippen LogP contribution in [0.2, 0.25) is 0 Å². The van der Waals surface area contributed by atoms with Gasteiger partial charge in [-0.05, 0) is 13.3 Å². The molecule has 4 nitrogen and oxygen atoms in total. The molecule has 1 aliphatic rings. The Hall–Kier alpha value is -0.980. The molecule has 102 valence electrons. The highest BCUT2D eigenvalue weighted by Gasteiger charge is 2.55. The zero-order valence-corrected chi connectivity index (χ0v) is 11.2. The quantitative estimate of drug-likeness (QED) is 0.614. The molecule has 0 aliphatic heterocycles. The third-order valence-electron chi connectivity index (χ3n) is 3.42. The minimum Gasteiger partial charge on any atom is -0.481 e. The third kappa shape index (κ3) is 2.28. The first kappa shape index (κ1) is 15.1. The highest BCUT2D eigenvalue weighted by Crippen LogP contribution is 2.49. The maximum absolute atomic E-state index is 12.9. The van der Waals surface area contributed by atoms with Gasteiger partial charge in [0.25, 0.3) is 0 Å². The molecular formula is C11H13BrF2O4. The number of alkyl halides is 3. The Morgan fingerprint density at radius 1 is 1.44 bits per heavy atom. The zero-order chi connectivity index (χ0) is 14.1. The molecule has 0 bridgehead atoms. The van der Waals surface area contributed by atoms with Crippen LogP contribution in [0.1, 0.15) is 13.3 Å². The van der Waals surface area contributed by atoms with Gasteiger partial charge >= 0.3 is 11.9 Å². The molecule has 1 rings (SSSR count). The number of allylic oxidation sites excluding steroid dienone is 1. The Balaban J connectivity index is 3.32. The SMILES string of the molecule is CC1(C(=O)O)C=CC(C(F)F)C(CBr)(C(=O)O)C1. The van der Waals surface area contributed by atoms with Gasteiger partial charge in [-0.15, -0.1) is 0 Å². The molecule has 3 atom stereocenters. The summed E-state index contributed by atoms with van der Waals surface area (Å²) in [4.78, 5) is 22.5. The van der Waals surface area contributed by atoms with Gasteiger partial charge in [0.2, 0.25) is 6.43 Å². The minimum absolute atomic E-state index is 0.225. The molecule has 0 amide bonds. The van der Waals surface area contributed by atoms with Gasteiger partial charge in [-0.25, -0.2) is 8.78 Å². The fourth-order valence-corrected chi connectivity index (χ4v) is 3.03. The number of carboxylic acid groups (broad SMARTS) is 2. The van der Waals surface area contributed by atoms with Crippen molar-refractivity contribution in [2.45, 2.75) is 19.8 Å². The second kappa shape index (κ2) is 4.95. The van der Waals surface area contributed by atoms with E-state index in [-0.39, 0.29) is 11.8 Å². The van der Waals surface area contributed by atoms with Crippen molar-refractivity contribution in [3.63, 3.8) is 0 Å². The van der Waals surface area contributed by atoms with E-state index in [1.807, 2.05) is 0 Å². The van der Waals surface area contributed by atoms with Crippen LogP contribution in [0.25, 0.3) is 0 Å². The standard InChI is InChI=1S/C11H13BrF2O4/c1-10(8(15)16)3-2-6(7(13)14)11(4-10,5-12)9(17)18/h2-3,6-7H,4-5H2,1H3,(H,15,16)(H,17,18). The van der Waals surface area contributed by atoms with E-state index in [9.17, 15) is 23.5 Å². The van der Waals surface area contributed by atoms with Gasteiger partial charge in [0.15, 0.2) is 0 Å². The minimum atomic E-state index is -2.85. The maximum atomic E-state index is 12.9. The molecule has 0 radical (unpaired) electrons. The lowest BCUT2D eigenvalue weighted by Gasteiger charge is -2.42. The predicted octanol–water partition coefficient (Wildman–Crippen LogP) is 2.38. The Morgan fingerprint density at radius 3 is 2.33 bits per heavy atom. The zero-order valence-electron chi connectivity index (χ0n) is 9.57. The van der Waals surface area contributed by atoms with Gasteiger partial charge < -0.3 is 10.2 Å². The van der Waals surface area contributed by atoms with Crippen molar-refractivity contribution < 1.29 is 28.6 Å². The van der Waals surface area contributed by atoms with E-state index in [1.165, 1.54) is 6.92 Å². The van der Waals surface area contributed by atoms with Gasteiger partial charge in [0, 0.05) is 5.33 Å². The number of carboxylic acids is 2. The van der Waals surface area contributed by atoms with Crippen LogP contribution in [0.15, 0.2) is 12.2 Å². The fourth-order valence-electron chi connectivity index (χ4n) is 2.22. The first-order valence-electron chi connectivity index (χ1n) is 5.20. The fraction of sp³-hybridized carbons (Fsp3) is 0.636. The number of aliphatic carboxylic acids is 2. The lowest BCUT2D eigenvalue weighted by atomic mass is 9.62. The molecular weight excluding hydrogens is 314 g/mol. The van der Waals surface area contributed by atoms with E-state index in [1.54, 1.807) is 0 Å². The monoisotopic (exact) mass is 326 g/mol. The third-order valence-corrected chi connectivity index (χ3v) is 4.42. The van der Waals surface area contributed by atoms with Crippen LogP contribution in [0.4, 0.5) is 8.78 Å². The summed E-state index contributed by atoms with van der Waals surface area (Å²) in [7, 11) is 0. The van der Waals surface area contributed by atoms with Crippen LogP contribution >= 0.6 is 15.9 Å². The lowest BCUT2D eigenvalue weighted by molar-refractivity contribution is -0.160. The molecule has 0 saturated heterocycles. The van der Waals surface area contributed by atoms with Gasteiger partial charge in [-0.2, -0.15) is 0 Å². The maximum Gasteiger partial charge on any atom is 0.313 e. The Bertz CT molecular complexity index is 399. The van der Waals surface area contributed by atoms with Crippen molar-refractivity contribution in [2.75, 3.05) is 5.33 Å². The van der Waals surface area contributed by atoms with Gasteiger partial charge in [0.05, 0.1) is 16.7 Å². The second-order valence-corrected chi connectivity index (χ2v) is 5.27. The number of hydrogen-bond acceptors (Lipinski definition) is 2. The Labute approximate surface area is 111 Å². The average molecular weight is 327 g/mol. The molecule has 0 aromatic heterocycles. The Morgan fingerprint density at radius 2 is 2.00 bits per heavy atom. The van der Waals surface area contributed by atoms with Crippen LogP contribution in [0, 0.1) is 16.7 Å². The molecule has 0 spiro atoms. The number of halogens is 3. The van der Waals surface area contributed by atoms with Crippen LogP contribution in [0.5, 0.6) is 0 Å². The highest BCUT2D eigenvalue weighted by molar-refractivity contribution is 9.09. The van der Waals surface area contributed by atoms with Crippen molar-refractivity contribution in [2.24, 2.45) is 16.7 Å². The van der Waals surface area contributed by atoms with E-state index in [2.05, 4.69) is 15.9 Å². The van der Waals surface area contributed by atoms with Crippen molar-refractivity contribution in [3.8, 4) is 0 Å². The van der Waals surface area contributed by atoms with E-state index in [0.29, 0.717) is 0 Å². The lowest BCUT2D eigenvalue weighted by Crippen LogP contribution is -2.50. The number of carbonyl (C=O) groups is 2. The molecule has 18 heavy (non-hydrogen) atoms. The number of hydrogen-bond donors (Lipinski definition) is 2. The molecule has 2 N–H and O–H groups in total. The van der Waals surface area contributed by atoms with Gasteiger partial charge in [-0.1, -0.05) is 28.1 Å². The average Bonchev–Trinajstić information content (AvgIpc) is 2.27. The van der Waals surface area contributed by atoms with E-state index >= 15 is 0 Å². The smallest absolute Gasteiger partial charge is 0.313 e. The van der Waals surface area contributed by atoms with Gasteiger partial charge in [0.1, 0.15) is 0 Å². The molecule has 0 aromatic rings. The molecule has 0 fully saturated rings. The largest absolute Gasteiger partial charge is 0.481 e. The van der Waals surface area contributed by atoms with Crippen molar-refractivity contribution in [1.82, 2.24) is 0 Å². The summed E-state index contributed by atoms with van der Waals surface area (Å²) in [5.74, 6) is -4.14. The van der Waals surface area contributed by atoms with Crippen molar-refractivity contribution >= 4 is 27.9 Å². The summed E-state index contributed by atoms with van der Waals surface area (Å²) in [5.41, 5.74) is -3.26.